The van der Waals surface area contributed by atoms with Crippen molar-refractivity contribution < 1.29 is 32.6 Å². The number of rotatable bonds is 14. The summed E-state index contributed by atoms with van der Waals surface area (Å²) in [7, 11) is -2.03. The van der Waals surface area contributed by atoms with Crippen LogP contribution in [0.4, 0.5) is 11.4 Å². The molecule has 1 amide bonds. The molecule has 230 valence electrons. The van der Waals surface area contributed by atoms with Crippen LogP contribution in [0.3, 0.4) is 0 Å². The van der Waals surface area contributed by atoms with Crippen molar-refractivity contribution in [3.63, 3.8) is 0 Å². The summed E-state index contributed by atoms with van der Waals surface area (Å²) >= 11 is 0. The van der Waals surface area contributed by atoms with Gasteiger partial charge in [0.2, 0.25) is 10.0 Å². The molecule has 0 radical (unpaired) electrons. The van der Waals surface area contributed by atoms with Gasteiger partial charge in [0.05, 0.1) is 11.9 Å². The summed E-state index contributed by atoms with van der Waals surface area (Å²) in [6.07, 6.45) is 1.14. The Bertz CT molecular complexity index is 1680. The maximum Gasteiger partial charge on any atom is 0.323 e. The van der Waals surface area contributed by atoms with Crippen LogP contribution in [-0.2, 0) is 32.7 Å². The molecule has 0 aliphatic rings. The van der Waals surface area contributed by atoms with Gasteiger partial charge in [0, 0.05) is 25.8 Å². The Morgan fingerprint density at radius 1 is 0.795 bits per heavy atom. The van der Waals surface area contributed by atoms with Gasteiger partial charge in [-0.3, -0.25) is 14.3 Å². The number of hydrogen-bond acceptors (Lipinski definition) is 7. The average molecular weight is 618 g/mol. The minimum absolute atomic E-state index is 0.273. The minimum Gasteiger partial charge on any atom is -0.484 e. The van der Waals surface area contributed by atoms with Crippen molar-refractivity contribution in [2.24, 2.45) is 0 Å². The quantitative estimate of drug-likeness (QED) is 0.196. The lowest BCUT2D eigenvalue weighted by Gasteiger charge is -2.28. The summed E-state index contributed by atoms with van der Waals surface area (Å²) in [4.78, 5) is 26.0. The van der Waals surface area contributed by atoms with Gasteiger partial charge in [0.15, 0.2) is 6.61 Å². The van der Waals surface area contributed by atoms with Crippen LogP contribution in [0.1, 0.15) is 16.7 Å². The van der Waals surface area contributed by atoms with Gasteiger partial charge in [-0.2, -0.15) is 0 Å². The first-order chi connectivity index (χ1) is 21.0. The molecule has 0 aromatic heterocycles. The number of hydrogen-bond donors (Lipinski definition) is 2. The highest BCUT2D eigenvalue weighted by atomic mass is 32.2. The van der Waals surface area contributed by atoms with E-state index in [2.05, 4.69) is 21.8 Å². The van der Waals surface area contributed by atoms with Gasteiger partial charge < -0.3 is 24.4 Å². The zero-order valence-corrected chi connectivity index (χ0v) is 25.6. The Kier molecular flexibility index (Phi) is 10.5. The van der Waals surface area contributed by atoms with Crippen LogP contribution in [0.15, 0.2) is 97.1 Å². The molecule has 0 saturated carbocycles. The van der Waals surface area contributed by atoms with Gasteiger partial charge in [-0.1, -0.05) is 48.5 Å². The predicted molar refractivity (Wildman–Crippen MR) is 170 cm³/mol. The standard InChI is InChI=1S/C33H35N3O7S/c1-24-30(34-44(3,40)41)10-7-11-31(24)36(20-25-8-5-4-6-9-25)21-26-12-14-28(15-13-26)43-29-18-16-27(17-19-29)42-23-32(37)35(2)22-33(38)39/h4-19,34H,20-23H2,1-3H3,(H,38,39). The number of likely N-dealkylation sites (N-methyl/N-ethyl adjacent to an activating group) is 1. The summed E-state index contributed by atoms with van der Waals surface area (Å²) in [5.74, 6) is 0.135. The van der Waals surface area contributed by atoms with E-state index < -0.39 is 28.4 Å². The number of amides is 1. The normalized spacial score (nSPS) is 11.0. The van der Waals surface area contributed by atoms with Gasteiger partial charge in [-0.15, -0.1) is 0 Å². The van der Waals surface area contributed by atoms with Crippen LogP contribution in [-0.4, -0.2) is 56.8 Å². The number of anilines is 2. The van der Waals surface area contributed by atoms with Crippen molar-refractivity contribution in [3.05, 3.63) is 114 Å². The molecule has 0 heterocycles. The van der Waals surface area contributed by atoms with E-state index in [1.54, 1.807) is 30.3 Å². The van der Waals surface area contributed by atoms with Crippen molar-refractivity contribution in [1.29, 1.82) is 0 Å². The van der Waals surface area contributed by atoms with Crippen molar-refractivity contribution in [2.75, 3.05) is 36.1 Å². The highest BCUT2D eigenvalue weighted by molar-refractivity contribution is 7.92. The van der Waals surface area contributed by atoms with Crippen LogP contribution in [0.5, 0.6) is 17.2 Å². The third-order valence-corrected chi connectivity index (χ3v) is 7.26. The number of nitrogens with zero attached hydrogens (tertiary/aromatic N) is 2. The highest BCUT2D eigenvalue weighted by Gasteiger charge is 2.16. The molecule has 0 aliphatic carbocycles. The molecule has 44 heavy (non-hydrogen) atoms. The summed E-state index contributed by atoms with van der Waals surface area (Å²) in [5.41, 5.74) is 4.45. The summed E-state index contributed by atoms with van der Waals surface area (Å²) in [6.45, 7) is 2.44. The molecule has 0 bridgehead atoms. The van der Waals surface area contributed by atoms with Crippen molar-refractivity contribution >= 4 is 33.3 Å². The Hall–Kier alpha value is -5.03. The Labute approximate surface area is 257 Å². The second kappa shape index (κ2) is 14.4. The number of nitrogens with one attached hydrogen (secondary N) is 1. The zero-order chi connectivity index (χ0) is 31.7. The zero-order valence-electron chi connectivity index (χ0n) is 24.8. The Balaban J connectivity index is 1.43. The molecule has 4 aromatic carbocycles. The average Bonchev–Trinajstić information content (AvgIpc) is 2.98. The molecular weight excluding hydrogens is 582 g/mol. The van der Waals surface area contributed by atoms with E-state index in [1.165, 1.54) is 7.05 Å². The summed E-state index contributed by atoms with van der Waals surface area (Å²) in [6, 6.07) is 30.2. The Morgan fingerprint density at radius 3 is 1.95 bits per heavy atom. The smallest absolute Gasteiger partial charge is 0.323 e. The molecule has 11 heteroatoms. The molecular formula is C33H35N3O7S. The fraction of sp³-hybridized carbons (Fsp3) is 0.212. The fourth-order valence-corrected chi connectivity index (χ4v) is 5.10. The van der Waals surface area contributed by atoms with Crippen LogP contribution < -0.4 is 19.1 Å². The van der Waals surface area contributed by atoms with Gasteiger partial charge >= 0.3 is 5.97 Å². The van der Waals surface area contributed by atoms with Crippen molar-refractivity contribution in [2.45, 2.75) is 20.0 Å². The van der Waals surface area contributed by atoms with E-state index in [1.807, 2.05) is 61.5 Å². The maximum atomic E-state index is 12.0. The van der Waals surface area contributed by atoms with E-state index in [-0.39, 0.29) is 6.61 Å². The second-order valence-electron chi connectivity index (χ2n) is 10.3. The largest absolute Gasteiger partial charge is 0.484 e. The molecule has 4 rings (SSSR count). The van der Waals surface area contributed by atoms with Crippen LogP contribution >= 0.6 is 0 Å². The lowest BCUT2D eigenvalue weighted by Crippen LogP contribution is -2.35. The predicted octanol–water partition coefficient (Wildman–Crippen LogP) is 5.29. The molecule has 0 spiro atoms. The number of ether oxygens (including phenoxy) is 2. The number of carboxylic acids is 1. The molecule has 0 atom stereocenters. The van der Waals surface area contributed by atoms with Crippen LogP contribution in [0, 0.1) is 6.92 Å². The number of aliphatic carboxylic acids is 1. The van der Waals surface area contributed by atoms with Gasteiger partial charge in [-0.25, -0.2) is 8.42 Å². The SMILES string of the molecule is Cc1c(NS(C)(=O)=O)cccc1N(Cc1ccccc1)Cc1ccc(Oc2ccc(OCC(=O)N(C)CC(=O)O)cc2)cc1. The number of carbonyl (C=O) groups is 2. The lowest BCUT2D eigenvalue weighted by atomic mass is 10.1. The van der Waals surface area contributed by atoms with Crippen LogP contribution in [0.25, 0.3) is 0 Å². The molecule has 0 unspecified atom stereocenters. The van der Waals surface area contributed by atoms with Gasteiger partial charge in [-0.05, 0) is 72.1 Å². The van der Waals surface area contributed by atoms with E-state index in [0.717, 1.165) is 33.5 Å². The molecule has 0 aliphatic heterocycles. The third kappa shape index (κ3) is 9.50. The van der Waals surface area contributed by atoms with Crippen molar-refractivity contribution in [3.8, 4) is 17.2 Å². The number of carbonyl (C=O) groups excluding carboxylic acids is 1. The number of sulfonamides is 1. The summed E-state index contributed by atoms with van der Waals surface area (Å²) in [5, 5.41) is 8.81. The van der Waals surface area contributed by atoms with Crippen LogP contribution in [0.2, 0.25) is 0 Å². The first-order valence-electron chi connectivity index (χ1n) is 13.8. The third-order valence-electron chi connectivity index (χ3n) is 6.67. The Morgan fingerprint density at radius 2 is 1.36 bits per heavy atom. The van der Waals surface area contributed by atoms with Crippen molar-refractivity contribution in [1.82, 2.24) is 4.90 Å². The molecule has 2 N–H and O–H groups in total. The van der Waals surface area contributed by atoms with E-state index in [9.17, 15) is 18.0 Å². The van der Waals surface area contributed by atoms with E-state index in [4.69, 9.17) is 14.6 Å². The molecule has 10 nitrogen and oxygen atoms in total. The molecule has 4 aromatic rings. The molecule has 0 saturated heterocycles. The highest BCUT2D eigenvalue weighted by Crippen LogP contribution is 2.31. The number of carboxylic acid groups (broad SMARTS) is 1. The van der Waals surface area contributed by atoms with Gasteiger partial charge in [0.25, 0.3) is 5.91 Å². The summed E-state index contributed by atoms with van der Waals surface area (Å²) < 4.78 is 37.9. The first-order valence-corrected chi connectivity index (χ1v) is 15.7. The van der Waals surface area contributed by atoms with E-state index in [0.29, 0.717) is 36.0 Å². The van der Waals surface area contributed by atoms with Gasteiger partial charge in [0.1, 0.15) is 23.8 Å². The molecule has 0 fully saturated rings. The minimum atomic E-state index is -3.43. The fourth-order valence-electron chi connectivity index (χ4n) is 4.48. The second-order valence-corrected chi connectivity index (χ2v) is 12.1. The lowest BCUT2D eigenvalue weighted by molar-refractivity contribution is -0.144. The number of benzene rings is 4. The topological polar surface area (TPSA) is 125 Å². The first kappa shape index (κ1) is 31.9. The van der Waals surface area contributed by atoms with E-state index >= 15 is 0 Å². The maximum absolute atomic E-state index is 12.0. The monoisotopic (exact) mass is 617 g/mol.